The number of aromatic nitrogens is 2. The molecule has 0 atom stereocenters. The summed E-state index contributed by atoms with van der Waals surface area (Å²) in [6, 6.07) is 6.87. The van der Waals surface area contributed by atoms with Gasteiger partial charge in [0.05, 0.1) is 11.9 Å². The van der Waals surface area contributed by atoms with Gasteiger partial charge in [-0.2, -0.15) is 0 Å². The Morgan fingerprint density at radius 3 is 2.47 bits per heavy atom. The van der Waals surface area contributed by atoms with Crippen LogP contribution in [0.1, 0.15) is 43.4 Å². The van der Waals surface area contributed by atoms with E-state index in [1.54, 1.807) is 29.7 Å². The van der Waals surface area contributed by atoms with Crippen LogP contribution < -0.4 is 5.32 Å². The third-order valence-corrected chi connectivity index (χ3v) is 6.89. The largest absolute Gasteiger partial charge is 0.354 e. The van der Waals surface area contributed by atoms with Crippen molar-refractivity contribution < 1.29 is 18.0 Å². The van der Waals surface area contributed by atoms with Crippen molar-refractivity contribution >= 4 is 23.4 Å². The van der Waals surface area contributed by atoms with Crippen LogP contribution in [0.5, 0.6) is 0 Å². The Morgan fingerprint density at radius 2 is 1.79 bits per heavy atom. The number of amides is 1. The maximum atomic E-state index is 14.4. The van der Waals surface area contributed by atoms with Crippen molar-refractivity contribution in [3.05, 3.63) is 89.3 Å². The summed E-state index contributed by atoms with van der Waals surface area (Å²) in [5.41, 5.74) is 1.74. The third-order valence-electron chi connectivity index (χ3n) is 6.89. The number of rotatable bonds is 8. The van der Waals surface area contributed by atoms with Crippen molar-refractivity contribution in [1.29, 1.82) is 0 Å². The summed E-state index contributed by atoms with van der Waals surface area (Å²) in [5, 5.41) is 3.27. The summed E-state index contributed by atoms with van der Waals surface area (Å²) in [7, 11) is 0. The first kappa shape index (κ1) is 27.3. The molecule has 0 radical (unpaired) electrons. The molecule has 200 valence electrons. The number of hydrogen-bond acceptors (Lipinski definition) is 5. The van der Waals surface area contributed by atoms with Gasteiger partial charge in [-0.3, -0.25) is 14.8 Å². The van der Waals surface area contributed by atoms with Crippen LogP contribution in [0.3, 0.4) is 0 Å². The number of hydrogen-bond donors (Lipinski definition) is 1. The zero-order chi connectivity index (χ0) is 27.2. The Hall–Kier alpha value is -3.72. The van der Waals surface area contributed by atoms with E-state index in [1.165, 1.54) is 13.0 Å². The summed E-state index contributed by atoms with van der Waals surface area (Å²) in [6.07, 6.45) is 10.7. The van der Waals surface area contributed by atoms with E-state index in [4.69, 9.17) is 0 Å². The number of anilines is 2. The van der Waals surface area contributed by atoms with Crippen molar-refractivity contribution in [2.75, 3.05) is 18.4 Å². The van der Waals surface area contributed by atoms with Crippen molar-refractivity contribution in [3.8, 4) is 0 Å². The molecule has 0 aliphatic carbocycles. The van der Waals surface area contributed by atoms with Crippen LogP contribution in [-0.4, -0.2) is 50.8 Å². The van der Waals surface area contributed by atoms with Gasteiger partial charge in [0, 0.05) is 73.2 Å². The molecule has 9 heteroatoms. The van der Waals surface area contributed by atoms with Gasteiger partial charge < -0.3 is 15.1 Å². The van der Waals surface area contributed by atoms with Crippen molar-refractivity contribution in [1.82, 2.24) is 19.8 Å². The number of halogens is 3. The molecule has 1 amide bonds. The van der Waals surface area contributed by atoms with Crippen LogP contribution in [0.15, 0.2) is 55.1 Å². The van der Waals surface area contributed by atoms with Gasteiger partial charge >= 0.3 is 0 Å². The van der Waals surface area contributed by atoms with Gasteiger partial charge in [-0.15, -0.1) is 0 Å². The minimum atomic E-state index is -1.25. The molecule has 1 aliphatic heterocycles. The Balaban J connectivity index is 1.57. The molecule has 0 spiro atoms. The molecule has 1 N–H and O–H groups in total. The van der Waals surface area contributed by atoms with Gasteiger partial charge in [0.2, 0.25) is 5.91 Å². The lowest BCUT2D eigenvalue weighted by molar-refractivity contribution is -0.130. The van der Waals surface area contributed by atoms with Gasteiger partial charge in [-0.05, 0) is 69.5 Å². The quantitative estimate of drug-likeness (QED) is 0.296. The zero-order valence-corrected chi connectivity index (χ0v) is 21.8. The summed E-state index contributed by atoms with van der Waals surface area (Å²) in [5.74, 6) is -3.65. The van der Waals surface area contributed by atoms with Gasteiger partial charge in [-0.1, -0.05) is 0 Å². The van der Waals surface area contributed by atoms with Gasteiger partial charge in [-0.25, -0.2) is 13.2 Å². The smallest absolute Gasteiger partial charge is 0.247 e. The molecule has 4 rings (SSSR count). The molecular weight excluding hydrogens is 491 g/mol. The van der Waals surface area contributed by atoms with E-state index in [1.807, 2.05) is 18.2 Å². The van der Waals surface area contributed by atoms with Gasteiger partial charge in [0.15, 0.2) is 11.6 Å². The fourth-order valence-electron chi connectivity index (χ4n) is 4.62. The maximum Gasteiger partial charge on any atom is 0.247 e. The number of nitrogens with zero attached hydrogens (tertiary/aromatic N) is 4. The molecule has 0 saturated carbocycles. The predicted octanol–water partition coefficient (Wildman–Crippen LogP) is 5.86. The second-order valence-corrected chi connectivity index (χ2v) is 9.80. The van der Waals surface area contributed by atoms with Crippen LogP contribution in [0.25, 0.3) is 6.08 Å². The number of piperidine rings is 1. The number of carbonyl (C=O) groups excluding carboxylic acids is 1. The molecule has 0 bridgehead atoms. The number of nitrogens with one attached hydrogen (secondary N) is 1. The predicted molar refractivity (Wildman–Crippen MR) is 142 cm³/mol. The second kappa shape index (κ2) is 12.2. The summed E-state index contributed by atoms with van der Waals surface area (Å²) in [4.78, 5) is 25.9. The Kier molecular flexibility index (Phi) is 8.78. The van der Waals surface area contributed by atoms with Crippen LogP contribution in [0.2, 0.25) is 0 Å². The average Bonchev–Trinajstić information content (AvgIpc) is 2.92. The number of carbonyl (C=O) groups is 1. The highest BCUT2D eigenvalue weighted by Gasteiger charge is 2.28. The van der Waals surface area contributed by atoms with Crippen LogP contribution in [0.4, 0.5) is 24.5 Å². The normalized spacial score (nSPS) is 14.8. The molecule has 0 unspecified atom stereocenters. The van der Waals surface area contributed by atoms with Gasteiger partial charge in [0.1, 0.15) is 5.82 Å². The minimum Gasteiger partial charge on any atom is -0.354 e. The van der Waals surface area contributed by atoms with E-state index in [0.717, 1.165) is 55.0 Å². The van der Waals surface area contributed by atoms with E-state index >= 15 is 0 Å². The van der Waals surface area contributed by atoms with Crippen molar-refractivity contribution in [3.63, 3.8) is 0 Å². The zero-order valence-electron chi connectivity index (χ0n) is 21.8. The molecule has 2 aromatic heterocycles. The minimum absolute atomic E-state index is 0.0460. The lowest BCUT2D eigenvalue weighted by atomic mass is 10.0. The summed E-state index contributed by atoms with van der Waals surface area (Å²) in [6.45, 7) is 7.44. The monoisotopic (exact) mass is 523 g/mol. The fourth-order valence-corrected chi connectivity index (χ4v) is 4.62. The molecular formula is C29H32F3N5O. The average molecular weight is 524 g/mol. The maximum absolute atomic E-state index is 14.4. The number of benzene rings is 1. The summed E-state index contributed by atoms with van der Waals surface area (Å²) < 4.78 is 42.5. The molecule has 38 heavy (non-hydrogen) atoms. The van der Waals surface area contributed by atoms with E-state index in [9.17, 15) is 18.0 Å². The topological polar surface area (TPSA) is 61.4 Å². The van der Waals surface area contributed by atoms with E-state index in [-0.39, 0.29) is 24.1 Å². The molecule has 1 aromatic carbocycles. The highest BCUT2D eigenvalue weighted by Crippen LogP contribution is 2.24. The van der Waals surface area contributed by atoms with Crippen LogP contribution in [-0.2, 0) is 11.3 Å². The lowest BCUT2D eigenvalue weighted by Crippen LogP contribution is -2.48. The van der Waals surface area contributed by atoms with Crippen LogP contribution >= 0.6 is 0 Å². The highest BCUT2D eigenvalue weighted by atomic mass is 19.2. The first-order valence-electron chi connectivity index (χ1n) is 12.7. The molecule has 3 heterocycles. The Morgan fingerprint density at radius 1 is 1.08 bits per heavy atom. The summed E-state index contributed by atoms with van der Waals surface area (Å²) >= 11 is 0. The third kappa shape index (κ3) is 6.58. The molecule has 6 nitrogen and oxygen atoms in total. The number of pyridine rings is 2. The Bertz CT molecular complexity index is 1290. The van der Waals surface area contributed by atoms with Crippen molar-refractivity contribution in [2.24, 2.45) is 0 Å². The molecule has 1 saturated heterocycles. The standard InChI is InChI=1S/C29H32F3N5O/c1-19(2)36-12-8-25(9-13-36)37(27(38)5-4-22-15-26(30)20(3)28(31)29(22)32)18-21-14-24(17-34-16-21)35-23-6-10-33-11-7-23/h4-7,10-11,14-17,19,25H,8-9,12-13,18H2,1-3H3,(H,33,35)/b5-4+. The fraction of sp³-hybridized carbons (Fsp3) is 0.345. The Labute approximate surface area is 221 Å². The second-order valence-electron chi connectivity index (χ2n) is 9.80. The van der Waals surface area contributed by atoms with Gasteiger partial charge in [0.25, 0.3) is 0 Å². The van der Waals surface area contributed by atoms with Crippen LogP contribution in [0, 0.1) is 24.4 Å². The van der Waals surface area contributed by atoms with E-state index < -0.39 is 23.0 Å². The first-order chi connectivity index (χ1) is 18.2. The molecule has 3 aromatic rings. The SMILES string of the molecule is Cc1c(F)cc(/C=C/C(=O)N(Cc2cncc(Nc3ccncc3)c2)C2CCN(C(C)C)CC2)c(F)c1F. The lowest BCUT2D eigenvalue weighted by Gasteiger charge is -2.39. The molecule has 1 aliphatic rings. The first-order valence-corrected chi connectivity index (χ1v) is 12.7. The number of likely N-dealkylation sites (tertiary alicyclic amines) is 1. The van der Waals surface area contributed by atoms with E-state index in [2.05, 4.69) is 34.0 Å². The highest BCUT2D eigenvalue weighted by molar-refractivity contribution is 5.92. The molecule has 1 fully saturated rings. The van der Waals surface area contributed by atoms with Crippen molar-refractivity contribution in [2.45, 2.75) is 52.2 Å². The van der Waals surface area contributed by atoms with E-state index in [0.29, 0.717) is 6.04 Å².